The molecule has 0 aromatic heterocycles. The molecule has 16 rings (SSSR count). The van der Waals surface area contributed by atoms with Gasteiger partial charge >= 0.3 is 0 Å². The molecule has 4 atom stereocenters. The summed E-state index contributed by atoms with van der Waals surface area (Å²) in [6.45, 7) is 8.71. The third-order valence-electron chi connectivity index (χ3n) is 17.8. The monoisotopic (exact) mass is 1240 g/mol. The minimum absolute atomic E-state index is 0.116. The van der Waals surface area contributed by atoms with Crippen LogP contribution < -0.4 is 63.7 Å². The van der Waals surface area contributed by atoms with Crippen molar-refractivity contribution in [1.29, 1.82) is 0 Å². The zero-order valence-corrected chi connectivity index (χ0v) is 54.3. The zero-order valence-electron chi connectivity index (χ0n) is 50.8. The van der Waals surface area contributed by atoms with Gasteiger partial charge in [0.05, 0.1) is 24.4 Å². The van der Waals surface area contributed by atoms with Gasteiger partial charge in [0.25, 0.3) is 0 Å². The Balaban J connectivity index is 0.000000150. The lowest BCUT2D eigenvalue weighted by atomic mass is 9.92. The molecule has 0 amide bonds. The summed E-state index contributed by atoms with van der Waals surface area (Å²) < 4.78 is 28.8. The molecule has 0 aliphatic carbocycles. The van der Waals surface area contributed by atoms with E-state index in [2.05, 4.69) is 343 Å². The fourth-order valence-electron chi connectivity index (χ4n) is 14.1. The first-order valence-corrected chi connectivity index (χ1v) is 36.5. The molecule has 4 heterocycles. The first-order valence-electron chi connectivity index (χ1n) is 31.2. The van der Waals surface area contributed by atoms with Crippen LogP contribution in [0.3, 0.4) is 0 Å². The van der Waals surface area contributed by atoms with Gasteiger partial charge in [-0.25, -0.2) is 0 Å². The molecule has 0 N–H and O–H groups in total. The van der Waals surface area contributed by atoms with Crippen LogP contribution in [0.2, 0.25) is 0 Å². The average molecular weight is 1240 g/mol. The highest BCUT2D eigenvalue weighted by Crippen LogP contribution is 2.60. The van der Waals surface area contributed by atoms with Crippen LogP contribution in [0, 0.1) is 0 Å². The Morgan fingerprint density at radius 1 is 0.200 bits per heavy atom. The summed E-state index contributed by atoms with van der Waals surface area (Å²) in [4.78, 5) is 0. The van der Waals surface area contributed by atoms with E-state index in [1.165, 1.54) is 108 Å². The maximum atomic E-state index is 7.20. The van der Waals surface area contributed by atoms with Crippen LogP contribution in [0.1, 0.15) is 96.6 Å². The van der Waals surface area contributed by atoms with Gasteiger partial charge in [-0.15, -0.1) is 0 Å². The van der Waals surface area contributed by atoms with Gasteiger partial charge in [0, 0.05) is 22.3 Å². The van der Waals surface area contributed by atoms with E-state index < -0.39 is 43.3 Å². The molecule has 0 unspecified atom stereocenters. The van der Waals surface area contributed by atoms with Crippen LogP contribution in [0.5, 0.6) is 0 Å². The standard InChI is InChI=1S/2C41H34O2P2/c2*1-29-35-25-15-27-37(44(31-17-7-3-8-18-31)32-19-9-4-10-20-32)39(35)41(42-29)40-36(30(2)43-41)26-16-28-38(40)45(33-21-11-5-12-22-33)34-23-13-6-14-24-34/h2*3-30H,1-2H3/t2*29-,30-,41?/m11/s1. The number of hydrogen-bond donors (Lipinski definition) is 0. The Labute approximate surface area is 534 Å². The van der Waals surface area contributed by atoms with Gasteiger partial charge in [-0.3, -0.25) is 0 Å². The van der Waals surface area contributed by atoms with Crippen molar-refractivity contribution in [1.82, 2.24) is 0 Å². The lowest BCUT2D eigenvalue weighted by Gasteiger charge is -2.33. The maximum Gasteiger partial charge on any atom is 0.225 e. The predicted octanol–water partition coefficient (Wildman–Crippen LogP) is 15.2. The van der Waals surface area contributed by atoms with E-state index in [1.807, 2.05) is 0 Å². The SMILES string of the molecule is C[C@H]1OC2(O[C@H](C)c3cccc(P(c4ccccc4)c4ccccc4)c32)c2c1cccc2P(c1ccccc1)c1ccccc1.C[C@H]1OC2(O[C@H](C)c3cccc(P(c4ccccc4)c4ccccc4)c32)c2c1cccc2P(c1ccccc1)c1ccccc1. The molecule has 12 aromatic carbocycles. The summed E-state index contributed by atoms with van der Waals surface area (Å²) in [5, 5.41) is 15.7. The second kappa shape index (κ2) is 25.1. The second-order valence-electron chi connectivity index (χ2n) is 23.3. The molecule has 440 valence electrons. The first kappa shape index (κ1) is 58.6. The normalized spacial score (nSPS) is 18.0. The average Bonchev–Trinajstić information content (AvgIpc) is 1.54. The van der Waals surface area contributed by atoms with Gasteiger partial charge in [0.1, 0.15) is 0 Å². The highest BCUT2D eigenvalue weighted by Gasteiger charge is 2.58. The largest absolute Gasteiger partial charge is 0.334 e. The molecule has 0 fully saturated rings. The molecule has 12 aromatic rings. The van der Waals surface area contributed by atoms with Crippen molar-refractivity contribution in [2.75, 3.05) is 0 Å². The van der Waals surface area contributed by atoms with E-state index in [0.29, 0.717) is 0 Å². The van der Waals surface area contributed by atoms with Crippen LogP contribution in [-0.2, 0) is 30.5 Å². The molecule has 4 aliphatic rings. The molecular formula is C82H68O4P4. The second-order valence-corrected chi connectivity index (χ2v) is 32.0. The summed E-state index contributed by atoms with van der Waals surface area (Å²) in [6, 6.07) is 115. The summed E-state index contributed by atoms with van der Waals surface area (Å²) >= 11 is 0. The van der Waals surface area contributed by atoms with Crippen molar-refractivity contribution in [3.63, 3.8) is 0 Å². The highest BCUT2D eigenvalue weighted by molar-refractivity contribution is 7.81. The van der Waals surface area contributed by atoms with Crippen molar-refractivity contribution >= 4 is 95.3 Å². The quantitative estimate of drug-likeness (QED) is 0.114. The minimum atomic E-state index is -1.01. The zero-order chi connectivity index (χ0) is 60.8. The molecule has 0 bridgehead atoms. The van der Waals surface area contributed by atoms with E-state index in [1.54, 1.807) is 0 Å². The molecule has 0 radical (unpaired) electrons. The third kappa shape index (κ3) is 10.4. The minimum Gasteiger partial charge on any atom is -0.334 e. The van der Waals surface area contributed by atoms with Crippen LogP contribution in [0.25, 0.3) is 0 Å². The summed E-state index contributed by atoms with van der Waals surface area (Å²) in [7, 11) is -3.52. The van der Waals surface area contributed by atoms with Gasteiger partial charge in [-0.05, 0) is 145 Å². The molecular weight excluding hydrogens is 1170 g/mol. The van der Waals surface area contributed by atoms with Gasteiger partial charge in [-0.2, -0.15) is 0 Å². The van der Waals surface area contributed by atoms with Gasteiger partial charge in [0.15, 0.2) is 0 Å². The summed E-state index contributed by atoms with van der Waals surface area (Å²) in [5.41, 5.74) is 9.60. The Morgan fingerprint density at radius 3 is 0.511 bits per heavy atom. The lowest BCUT2D eigenvalue weighted by Crippen LogP contribution is -2.38. The predicted molar refractivity (Wildman–Crippen MR) is 380 cm³/mol. The van der Waals surface area contributed by atoms with Gasteiger partial charge in [-0.1, -0.05) is 315 Å². The summed E-state index contributed by atoms with van der Waals surface area (Å²) in [5.74, 6) is -2.02. The molecule has 90 heavy (non-hydrogen) atoms. The van der Waals surface area contributed by atoms with E-state index in [0.717, 1.165) is 0 Å². The summed E-state index contributed by atoms with van der Waals surface area (Å²) in [6.07, 6.45) is -0.466. The van der Waals surface area contributed by atoms with Gasteiger partial charge < -0.3 is 18.9 Å². The highest BCUT2D eigenvalue weighted by atomic mass is 31.1. The number of rotatable bonds is 12. The fourth-order valence-corrected chi connectivity index (χ4v) is 24.2. The Hall–Kier alpha value is -7.80. The van der Waals surface area contributed by atoms with E-state index in [-0.39, 0.29) is 24.4 Å². The van der Waals surface area contributed by atoms with Crippen LogP contribution in [0.4, 0.5) is 0 Å². The maximum absolute atomic E-state index is 7.20. The number of hydrogen-bond acceptors (Lipinski definition) is 4. The molecule has 0 saturated carbocycles. The van der Waals surface area contributed by atoms with Crippen molar-refractivity contribution in [2.24, 2.45) is 0 Å². The van der Waals surface area contributed by atoms with Crippen molar-refractivity contribution < 1.29 is 18.9 Å². The Morgan fingerprint density at radius 2 is 0.356 bits per heavy atom. The van der Waals surface area contributed by atoms with Gasteiger partial charge in [0.2, 0.25) is 11.6 Å². The van der Waals surface area contributed by atoms with Crippen molar-refractivity contribution in [2.45, 2.75) is 63.7 Å². The number of benzene rings is 12. The smallest absolute Gasteiger partial charge is 0.225 e. The Kier molecular flexibility index (Phi) is 16.3. The lowest BCUT2D eigenvalue weighted by molar-refractivity contribution is -0.228. The van der Waals surface area contributed by atoms with E-state index >= 15 is 0 Å². The van der Waals surface area contributed by atoms with Crippen molar-refractivity contribution in [3.8, 4) is 0 Å². The van der Waals surface area contributed by atoms with E-state index in [4.69, 9.17) is 18.9 Å². The van der Waals surface area contributed by atoms with Crippen LogP contribution in [-0.4, -0.2) is 0 Å². The molecule has 4 aliphatic heterocycles. The molecule has 0 saturated heterocycles. The van der Waals surface area contributed by atoms with Crippen LogP contribution >= 0.6 is 31.7 Å². The van der Waals surface area contributed by atoms with Crippen molar-refractivity contribution in [3.05, 3.63) is 360 Å². The fraction of sp³-hybridized carbons (Fsp3) is 0.122. The Bertz CT molecular complexity index is 3730. The topological polar surface area (TPSA) is 36.9 Å². The number of ether oxygens (including phenoxy) is 4. The van der Waals surface area contributed by atoms with Crippen LogP contribution in [0.15, 0.2) is 315 Å². The van der Waals surface area contributed by atoms with E-state index in [9.17, 15) is 0 Å². The molecule has 4 nitrogen and oxygen atoms in total. The molecule has 8 heteroatoms. The third-order valence-corrected chi connectivity index (χ3v) is 27.8. The number of fused-ring (bicyclic) bond motifs is 8. The molecule has 2 spiro atoms. The first-order chi connectivity index (χ1) is 44.3.